The highest BCUT2D eigenvalue weighted by atomic mass is 32.2. The van der Waals surface area contributed by atoms with E-state index in [2.05, 4.69) is 20.0 Å². The monoisotopic (exact) mass is 345 g/mol. The zero-order chi connectivity index (χ0) is 16.7. The third-order valence-corrected chi connectivity index (χ3v) is 5.76. The summed E-state index contributed by atoms with van der Waals surface area (Å²) in [5.74, 6) is -0.809. The number of aromatic amines is 1. The van der Waals surface area contributed by atoms with E-state index in [1.165, 1.54) is 6.20 Å². The van der Waals surface area contributed by atoms with E-state index in [0.717, 1.165) is 0 Å². The third-order valence-electron chi connectivity index (χ3n) is 4.37. The predicted molar refractivity (Wildman–Crippen MR) is 85.4 cm³/mol. The molecule has 1 aromatic carbocycles. The maximum Gasteiger partial charge on any atom is 0.266 e. The quantitative estimate of drug-likeness (QED) is 0.739. The molecular formula is C15H15N5O3S. The number of benzene rings is 1. The van der Waals surface area contributed by atoms with Crippen LogP contribution < -0.4 is 4.72 Å². The van der Waals surface area contributed by atoms with Gasteiger partial charge in [-0.3, -0.25) is 4.79 Å². The van der Waals surface area contributed by atoms with Crippen molar-refractivity contribution in [1.29, 1.82) is 0 Å². The van der Waals surface area contributed by atoms with Gasteiger partial charge in [0.15, 0.2) is 0 Å². The molecule has 124 valence electrons. The molecule has 4 rings (SSSR count). The number of aromatic nitrogens is 4. The van der Waals surface area contributed by atoms with E-state index in [9.17, 15) is 13.2 Å². The number of sulfonamides is 1. The van der Waals surface area contributed by atoms with Crippen molar-refractivity contribution in [3.63, 3.8) is 0 Å². The van der Waals surface area contributed by atoms with Gasteiger partial charge in [0.2, 0.25) is 5.91 Å². The van der Waals surface area contributed by atoms with Crippen molar-refractivity contribution in [2.45, 2.75) is 23.8 Å². The molecule has 1 fully saturated rings. The minimum Gasteiger partial charge on any atom is -0.360 e. The maximum absolute atomic E-state index is 12.5. The average molecular weight is 345 g/mol. The van der Waals surface area contributed by atoms with Crippen molar-refractivity contribution in [3.8, 4) is 0 Å². The number of hydrogen-bond donors (Lipinski definition) is 2. The molecule has 2 aromatic heterocycles. The third kappa shape index (κ3) is 2.46. The van der Waals surface area contributed by atoms with Crippen molar-refractivity contribution in [1.82, 2.24) is 24.7 Å². The molecule has 0 unspecified atom stereocenters. The van der Waals surface area contributed by atoms with Gasteiger partial charge in [0.25, 0.3) is 10.0 Å². The second-order valence-electron chi connectivity index (χ2n) is 5.87. The Morgan fingerprint density at radius 2 is 2.08 bits per heavy atom. The minimum absolute atomic E-state index is 0.0820. The molecule has 2 N–H and O–H groups in total. The van der Waals surface area contributed by atoms with Gasteiger partial charge in [0.1, 0.15) is 4.90 Å². The highest BCUT2D eigenvalue weighted by Crippen LogP contribution is 2.37. The number of fused-ring (bicyclic) bond motifs is 1. The van der Waals surface area contributed by atoms with Gasteiger partial charge in [-0.25, -0.2) is 17.8 Å². The van der Waals surface area contributed by atoms with Crippen molar-refractivity contribution in [2.75, 3.05) is 0 Å². The lowest BCUT2D eigenvalue weighted by Gasteiger charge is -2.33. The number of carbonyl (C=O) groups is 1. The molecule has 1 saturated carbocycles. The van der Waals surface area contributed by atoms with Gasteiger partial charge >= 0.3 is 0 Å². The van der Waals surface area contributed by atoms with Crippen molar-refractivity contribution in [3.05, 3.63) is 42.9 Å². The zero-order valence-electron chi connectivity index (χ0n) is 12.6. The summed E-state index contributed by atoms with van der Waals surface area (Å²) >= 11 is 0. The van der Waals surface area contributed by atoms with Crippen molar-refractivity contribution in [2.24, 2.45) is 5.92 Å². The van der Waals surface area contributed by atoms with E-state index < -0.39 is 15.9 Å². The number of carbonyl (C=O) groups excluding carboxylic acids is 1. The Morgan fingerprint density at radius 1 is 1.29 bits per heavy atom. The first-order valence-electron chi connectivity index (χ1n) is 7.53. The molecule has 0 bridgehead atoms. The molecule has 8 nitrogen and oxygen atoms in total. The first-order valence-corrected chi connectivity index (χ1v) is 9.01. The summed E-state index contributed by atoms with van der Waals surface area (Å²) in [6.07, 6.45) is 5.83. The zero-order valence-corrected chi connectivity index (χ0v) is 13.4. The van der Waals surface area contributed by atoms with Crippen molar-refractivity contribution >= 4 is 26.8 Å². The molecular weight excluding hydrogens is 330 g/mol. The summed E-state index contributed by atoms with van der Waals surface area (Å²) in [4.78, 5) is 15.2. The Bertz CT molecular complexity index is 987. The largest absolute Gasteiger partial charge is 0.360 e. The van der Waals surface area contributed by atoms with Crippen LogP contribution in [0.1, 0.15) is 18.9 Å². The second-order valence-corrected chi connectivity index (χ2v) is 7.52. The van der Waals surface area contributed by atoms with Crippen LogP contribution in [0.3, 0.4) is 0 Å². The molecule has 0 aliphatic heterocycles. The van der Waals surface area contributed by atoms with Gasteiger partial charge < -0.3 is 4.98 Å². The minimum atomic E-state index is -3.90. The Kier molecular flexibility index (Phi) is 3.38. The van der Waals surface area contributed by atoms with Crippen LogP contribution in [0.25, 0.3) is 10.9 Å². The van der Waals surface area contributed by atoms with Crippen LogP contribution in [0.5, 0.6) is 0 Å². The van der Waals surface area contributed by atoms with E-state index in [-0.39, 0.29) is 16.9 Å². The topological polar surface area (TPSA) is 110 Å². The number of H-pyrrole nitrogens is 1. The molecule has 24 heavy (non-hydrogen) atoms. The molecule has 0 radical (unpaired) electrons. The van der Waals surface area contributed by atoms with Gasteiger partial charge in [0.05, 0.1) is 12.2 Å². The SMILES string of the molecule is O=C(NS(=O)(=O)c1c[nH]c2ccccc12)C1CC(n2ccnn2)C1. The summed E-state index contributed by atoms with van der Waals surface area (Å²) < 4.78 is 28.9. The predicted octanol–water partition coefficient (Wildman–Crippen LogP) is 1.22. The number of para-hydroxylation sites is 1. The Balaban J connectivity index is 1.47. The average Bonchev–Trinajstić information content (AvgIpc) is 3.14. The molecule has 0 saturated heterocycles. The summed E-state index contributed by atoms with van der Waals surface area (Å²) in [6, 6.07) is 7.15. The summed E-state index contributed by atoms with van der Waals surface area (Å²) in [5, 5.41) is 8.19. The van der Waals surface area contributed by atoms with Crippen LogP contribution in [0.15, 0.2) is 47.8 Å². The van der Waals surface area contributed by atoms with Gasteiger partial charge in [-0.1, -0.05) is 23.4 Å². The highest BCUT2D eigenvalue weighted by Gasteiger charge is 2.38. The molecule has 0 atom stereocenters. The number of hydrogen-bond acceptors (Lipinski definition) is 5. The van der Waals surface area contributed by atoms with Crippen LogP contribution in [0.2, 0.25) is 0 Å². The fourth-order valence-electron chi connectivity index (χ4n) is 2.97. The lowest BCUT2D eigenvalue weighted by Crippen LogP contribution is -2.42. The van der Waals surface area contributed by atoms with Crippen LogP contribution in [-0.4, -0.2) is 34.3 Å². The van der Waals surface area contributed by atoms with Crippen LogP contribution >= 0.6 is 0 Å². The summed E-state index contributed by atoms with van der Waals surface area (Å²) in [6.45, 7) is 0. The van der Waals surface area contributed by atoms with Gasteiger partial charge in [-0.2, -0.15) is 0 Å². The van der Waals surface area contributed by atoms with Crippen molar-refractivity contribution < 1.29 is 13.2 Å². The number of amides is 1. The summed E-state index contributed by atoms with van der Waals surface area (Å²) in [7, 11) is -3.90. The Morgan fingerprint density at radius 3 is 2.83 bits per heavy atom. The standard InChI is InChI=1S/C15H15N5O3S/c21-15(10-7-11(8-10)20-6-5-17-19-20)18-24(22,23)14-9-16-13-4-2-1-3-12(13)14/h1-6,9-11,16H,7-8H2,(H,18,21). The van der Waals surface area contributed by atoms with E-state index in [1.807, 2.05) is 6.07 Å². The lowest BCUT2D eigenvalue weighted by molar-refractivity contribution is -0.127. The van der Waals surface area contributed by atoms with Crippen LogP contribution in [0.4, 0.5) is 0 Å². The van der Waals surface area contributed by atoms with Gasteiger partial charge in [0, 0.05) is 29.2 Å². The molecule has 1 aliphatic rings. The Hall–Kier alpha value is -2.68. The molecule has 1 aliphatic carbocycles. The van der Waals surface area contributed by atoms with E-state index in [4.69, 9.17) is 0 Å². The second kappa shape index (κ2) is 5.45. The van der Waals surface area contributed by atoms with E-state index in [1.54, 1.807) is 35.3 Å². The van der Waals surface area contributed by atoms with Crippen LogP contribution in [0, 0.1) is 5.92 Å². The van der Waals surface area contributed by atoms with E-state index in [0.29, 0.717) is 23.7 Å². The lowest BCUT2D eigenvalue weighted by atomic mass is 9.80. The van der Waals surface area contributed by atoms with Gasteiger partial charge in [-0.05, 0) is 18.9 Å². The first-order chi connectivity index (χ1) is 11.5. The fraction of sp³-hybridized carbons (Fsp3) is 0.267. The van der Waals surface area contributed by atoms with Crippen LogP contribution in [-0.2, 0) is 14.8 Å². The number of rotatable bonds is 4. The number of nitrogens with one attached hydrogen (secondary N) is 2. The highest BCUT2D eigenvalue weighted by molar-refractivity contribution is 7.90. The normalized spacial score (nSPS) is 20.7. The fourth-order valence-corrected chi connectivity index (χ4v) is 4.19. The molecule has 0 spiro atoms. The van der Waals surface area contributed by atoms with Gasteiger partial charge in [-0.15, -0.1) is 5.10 Å². The molecule has 9 heteroatoms. The summed E-state index contributed by atoms with van der Waals surface area (Å²) in [5.41, 5.74) is 0.709. The number of nitrogens with zero attached hydrogens (tertiary/aromatic N) is 3. The molecule has 3 aromatic rings. The maximum atomic E-state index is 12.5. The first kappa shape index (κ1) is 14.9. The molecule has 1 amide bonds. The molecule has 2 heterocycles. The Labute approximate surface area is 137 Å². The van der Waals surface area contributed by atoms with E-state index >= 15 is 0 Å². The smallest absolute Gasteiger partial charge is 0.266 e.